The molecule has 2 aromatic heterocycles. The van der Waals surface area contributed by atoms with Crippen LogP contribution in [0.4, 0.5) is 0 Å². The maximum Gasteiger partial charge on any atom is 0.252 e. The summed E-state index contributed by atoms with van der Waals surface area (Å²) in [5.41, 5.74) is 14.8. The van der Waals surface area contributed by atoms with Crippen molar-refractivity contribution in [3.63, 3.8) is 0 Å². The second-order valence-corrected chi connectivity index (χ2v) is 10.3. The van der Waals surface area contributed by atoms with Crippen LogP contribution in [0.3, 0.4) is 0 Å². The molecule has 3 heteroatoms. The lowest BCUT2D eigenvalue weighted by molar-refractivity contribution is 1.14. The number of aromatic nitrogens is 2. The van der Waals surface area contributed by atoms with Crippen molar-refractivity contribution in [2.24, 2.45) is 0 Å². The highest BCUT2D eigenvalue weighted by atomic mass is 15.0. The molecule has 7 aromatic rings. The Morgan fingerprint density at radius 3 is 1.51 bits per heavy atom. The van der Waals surface area contributed by atoms with E-state index in [9.17, 15) is 0 Å². The predicted octanol–water partition coefficient (Wildman–Crippen LogP) is 5.64. The quantitative estimate of drug-likeness (QED) is 0.268. The van der Waals surface area contributed by atoms with E-state index >= 15 is 0 Å². The number of para-hydroxylation sites is 2. The van der Waals surface area contributed by atoms with E-state index in [1.54, 1.807) is 0 Å². The zero-order chi connectivity index (χ0) is 23.0. The first-order chi connectivity index (χ1) is 17.2. The molecule has 0 fully saturated rings. The highest BCUT2D eigenvalue weighted by molar-refractivity contribution is 7.00. The first-order valence-electron chi connectivity index (χ1n) is 12.4. The van der Waals surface area contributed by atoms with Crippen molar-refractivity contribution in [3.8, 4) is 11.4 Å². The molecule has 0 saturated carbocycles. The van der Waals surface area contributed by atoms with Gasteiger partial charge < -0.3 is 9.13 Å². The molecule has 9 rings (SSSR count). The van der Waals surface area contributed by atoms with Gasteiger partial charge in [-0.3, -0.25) is 0 Å². The molecular formula is C32H21BN2. The first kappa shape index (κ1) is 18.1. The lowest BCUT2D eigenvalue weighted by Gasteiger charge is -2.33. The van der Waals surface area contributed by atoms with Gasteiger partial charge in [0.15, 0.2) is 0 Å². The van der Waals surface area contributed by atoms with Crippen LogP contribution >= 0.6 is 0 Å². The number of fused-ring (bicyclic) bond motifs is 10. The monoisotopic (exact) mass is 444 g/mol. The highest BCUT2D eigenvalue weighted by Crippen LogP contribution is 2.38. The maximum atomic E-state index is 2.52. The fourth-order valence-corrected chi connectivity index (χ4v) is 7.09. The predicted molar refractivity (Wildman–Crippen MR) is 149 cm³/mol. The third-order valence-corrected chi connectivity index (χ3v) is 8.40. The molecule has 0 amide bonds. The largest absolute Gasteiger partial charge is 0.310 e. The van der Waals surface area contributed by atoms with E-state index in [-0.39, 0.29) is 6.71 Å². The molecule has 0 N–H and O–H groups in total. The Labute approximate surface area is 203 Å². The highest BCUT2D eigenvalue weighted by Gasteiger charge is 2.40. The molecule has 2 aliphatic heterocycles. The summed E-state index contributed by atoms with van der Waals surface area (Å²) in [6.45, 7) is 4.61. The summed E-state index contributed by atoms with van der Waals surface area (Å²) in [6, 6.07) is 34.5. The smallest absolute Gasteiger partial charge is 0.252 e. The summed E-state index contributed by atoms with van der Waals surface area (Å²) in [5.74, 6) is 0. The van der Waals surface area contributed by atoms with Crippen molar-refractivity contribution in [1.82, 2.24) is 9.13 Å². The molecule has 5 aromatic carbocycles. The standard InChI is InChI=1S/C32H21BN2/c1-18-12-14-26-22(16-18)20-6-3-8-24-31(20)34(26)28-10-5-11-29-30(28)33(24)25-9-4-7-21-23-17-19(2)13-15-27(23)35(29)32(21)25/h3-17H,1-2H3. The van der Waals surface area contributed by atoms with Crippen LogP contribution in [0, 0.1) is 13.8 Å². The second-order valence-electron chi connectivity index (χ2n) is 10.3. The van der Waals surface area contributed by atoms with E-state index < -0.39 is 0 Å². The minimum atomic E-state index is 0.226. The zero-order valence-corrected chi connectivity index (χ0v) is 19.6. The molecule has 0 spiro atoms. The van der Waals surface area contributed by atoms with E-state index in [4.69, 9.17) is 0 Å². The van der Waals surface area contributed by atoms with Gasteiger partial charge in [-0.2, -0.15) is 0 Å². The average molecular weight is 444 g/mol. The van der Waals surface area contributed by atoms with E-state index in [2.05, 4.69) is 114 Å². The van der Waals surface area contributed by atoms with Crippen molar-refractivity contribution < 1.29 is 0 Å². The van der Waals surface area contributed by atoms with Crippen LogP contribution < -0.4 is 16.4 Å². The SMILES string of the molecule is Cc1ccc2c(c1)c1cccc3c1n2-c1cccc2c1B3c1cccc3c4cc(C)ccc4n-2c13. The van der Waals surface area contributed by atoms with E-state index in [1.807, 2.05) is 0 Å². The van der Waals surface area contributed by atoms with Gasteiger partial charge in [-0.25, -0.2) is 0 Å². The Balaban J connectivity index is 1.56. The van der Waals surface area contributed by atoms with Gasteiger partial charge in [-0.05, 0) is 66.6 Å². The topological polar surface area (TPSA) is 9.86 Å². The zero-order valence-electron chi connectivity index (χ0n) is 19.6. The van der Waals surface area contributed by atoms with Crippen molar-refractivity contribution in [2.75, 3.05) is 0 Å². The minimum Gasteiger partial charge on any atom is -0.310 e. The molecule has 2 nitrogen and oxygen atoms in total. The molecule has 0 aliphatic carbocycles. The summed E-state index contributed by atoms with van der Waals surface area (Å²) >= 11 is 0. The molecule has 2 aliphatic rings. The number of hydrogen-bond acceptors (Lipinski definition) is 0. The normalized spacial score (nSPS) is 13.4. The van der Waals surface area contributed by atoms with E-state index in [0.717, 1.165) is 0 Å². The number of nitrogens with zero attached hydrogens (tertiary/aromatic N) is 2. The summed E-state index contributed by atoms with van der Waals surface area (Å²) in [7, 11) is 0. The molecule has 0 unspecified atom stereocenters. The Morgan fingerprint density at radius 1 is 0.514 bits per heavy atom. The van der Waals surface area contributed by atoms with Crippen molar-refractivity contribution in [2.45, 2.75) is 13.8 Å². The van der Waals surface area contributed by atoms with Crippen LogP contribution in [0.15, 0.2) is 91.0 Å². The summed E-state index contributed by atoms with van der Waals surface area (Å²) in [5, 5.41) is 5.39. The van der Waals surface area contributed by atoms with Crippen LogP contribution in [-0.4, -0.2) is 15.8 Å². The fourth-order valence-electron chi connectivity index (χ4n) is 7.09. The maximum absolute atomic E-state index is 2.52. The number of benzene rings is 5. The van der Waals surface area contributed by atoms with E-state index in [0.29, 0.717) is 0 Å². The van der Waals surface area contributed by atoms with E-state index in [1.165, 1.54) is 82.5 Å². The average Bonchev–Trinajstić information content (AvgIpc) is 3.38. The Morgan fingerprint density at radius 2 is 1.00 bits per heavy atom. The molecule has 0 saturated heterocycles. The third kappa shape index (κ3) is 1.98. The van der Waals surface area contributed by atoms with Crippen LogP contribution in [0.25, 0.3) is 55.0 Å². The van der Waals surface area contributed by atoms with Crippen molar-refractivity contribution >= 4 is 66.7 Å². The van der Waals surface area contributed by atoms with Crippen LogP contribution in [0.2, 0.25) is 0 Å². The number of hydrogen-bond donors (Lipinski definition) is 0. The summed E-state index contributed by atoms with van der Waals surface area (Å²) in [4.78, 5) is 0. The first-order valence-corrected chi connectivity index (χ1v) is 12.4. The fraction of sp³-hybridized carbons (Fsp3) is 0.0625. The van der Waals surface area contributed by atoms with Gasteiger partial charge in [0.1, 0.15) is 0 Å². The molecule has 35 heavy (non-hydrogen) atoms. The lowest BCUT2D eigenvalue weighted by Crippen LogP contribution is -2.59. The molecule has 0 bridgehead atoms. The molecule has 0 radical (unpaired) electrons. The third-order valence-electron chi connectivity index (χ3n) is 8.40. The minimum absolute atomic E-state index is 0.226. The van der Waals surface area contributed by atoms with Gasteiger partial charge in [0.2, 0.25) is 0 Å². The summed E-state index contributed by atoms with van der Waals surface area (Å²) in [6.07, 6.45) is 0. The second kappa shape index (κ2) is 5.87. The number of aryl methyl sites for hydroxylation is 2. The van der Waals surface area contributed by atoms with Gasteiger partial charge in [0.05, 0.1) is 11.0 Å². The Kier molecular flexibility index (Phi) is 3.04. The van der Waals surface area contributed by atoms with Gasteiger partial charge in [-0.1, -0.05) is 65.7 Å². The summed E-state index contributed by atoms with van der Waals surface area (Å²) < 4.78 is 5.05. The van der Waals surface area contributed by atoms with Crippen molar-refractivity contribution in [1.29, 1.82) is 0 Å². The molecule has 162 valence electrons. The van der Waals surface area contributed by atoms with Gasteiger partial charge in [0.25, 0.3) is 6.71 Å². The Bertz CT molecular complexity index is 1940. The van der Waals surface area contributed by atoms with Crippen molar-refractivity contribution in [3.05, 3.63) is 102 Å². The van der Waals surface area contributed by atoms with Gasteiger partial charge >= 0.3 is 0 Å². The molecular weight excluding hydrogens is 423 g/mol. The van der Waals surface area contributed by atoms with Gasteiger partial charge in [-0.15, -0.1) is 0 Å². The molecule has 4 heterocycles. The van der Waals surface area contributed by atoms with Crippen LogP contribution in [-0.2, 0) is 0 Å². The number of rotatable bonds is 0. The lowest BCUT2D eigenvalue weighted by atomic mass is 9.34. The van der Waals surface area contributed by atoms with Crippen LogP contribution in [0.5, 0.6) is 0 Å². The van der Waals surface area contributed by atoms with Crippen LogP contribution in [0.1, 0.15) is 11.1 Å². The molecule has 0 atom stereocenters. The Hall–Kier alpha value is -4.24. The van der Waals surface area contributed by atoms with Gasteiger partial charge in [0, 0.05) is 44.0 Å².